The largest absolute Gasteiger partial charge is 0.495 e. The quantitative estimate of drug-likeness (QED) is 0.666. The van der Waals surface area contributed by atoms with E-state index in [1.807, 2.05) is 30.3 Å². The maximum atomic E-state index is 13.3. The van der Waals surface area contributed by atoms with Crippen molar-refractivity contribution in [2.75, 3.05) is 19.0 Å². The van der Waals surface area contributed by atoms with Gasteiger partial charge in [-0.15, -0.1) is 0 Å². The van der Waals surface area contributed by atoms with Crippen molar-refractivity contribution in [2.24, 2.45) is 0 Å². The molecule has 8 heteroatoms. The molecule has 7 nitrogen and oxygen atoms in total. The van der Waals surface area contributed by atoms with Crippen molar-refractivity contribution in [3.05, 3.63) is 72.7 Å². The molecule has 150 valence electrons. The summed E-state index contributed by atoms with van der Waals surface area (Å²) in [6.07, 6.45) is 4.93. The van der Waals surface area contributed by atoms with Gasteiger partial charge in [0.25, 0.3) is 0 Å². The van der Waals surface area contributed by atoms with Crippen LogP contribution in [0.25, 0.3) is 0 Å². The number of ether oxygens (including phenoxy) is 1. The van der Waals surface area contributed by atoms with E-state index in [1.165, 1.54) is 11.4 Å². The van der Waals surface area contributed by atoms with Crippen molar-refractivity contribution in [3.63, 3.8) is 0 Å². The second-order valence-electron chi connectivity index (χ2n) is 6.74. The van der Waals surface area contributed by atoms with E-state index >= 15 is 0 Å². The number of nitrogens with one attached hydrogen (secondary N) is 1. The lowest BCUT2D eigenvalue weighted by Gasteiger charge is -2.24. The molecular weight excluding hydrogens is 388 g/mol. The van der Waals surface area contributed by atoms with Crippen LogP contribution in [0.3, 0.4) is 0 Å². The van der Waals surface area contributed by atoms with E-state index in [0.717, 1.165) is 30.0 Å². The lowest BCUT2D eigenvalue weighted by atomic mass is 10.1. The van der Waals surface area contributed by atoms with Crippen LogP contribution in [0.4, 0.5) is 11.5 Å². The topological polar surface area (TPSA) is 84.4 Å². The highest BCUT2D eigenvalue weighted by Crippen LogP contribution is 2.38. The van der Waals surface area contributed by atoms with Gasteiger partial charge in [0.2, 0.25) is 10.0 Å². The van der Waals surface area contributed by atoms with Crippen LogP contribution in [-0.2, 0) is 10.0 Å². The summed E-state index contributed by atoms with van der Waals surface area (Å²) in [6, 6.07) is 15.8. The van der Waals surface area contributed by atoms with Gasteiger partial charge in [0.1, 0.15) is 16.5 Å². The molecule has 0 amide bonds. The lowest BCUT2D eigenvalue weighted by molar-refractivity contribution is 0.377. The number of anilines is 2. The molecule has 0 saturated carbocycles. The molecule has 0 bridgehead atoms. The van der Waals surface area contributed by atoms with Crippen molar-refractivity contribution >= 4 is 21.5 Å². The molecule has 1 saturated heterocycles. The zero-order valence-corrected chi connectivity index (χ0v) is 16.8. The van der Waals surface area contributed by atoms with E-state index in [2.05, 4.69) is 15.3 Å². The maximum absolute atomic E-state index is 13.3. The number of rotatable bonds is 6. The third-order valence-corrected chi connectivity index (χ3v) is 6.87. The molecule has 3 aromatic rings. The Hall–Kier alpha value is -2.97. The van der Waals surface area contributed by atoms with Gasteiger partial charge >= 0.3 is 0 Å². The first-order chi connectivity index (χ1) is 14.1. The fourth-order valence-electron chi connectivity index (χ4n) is 3.54. The number of methoxy groups -OCH3 is 1. The van der Waals surface area contributed by atoms with E-state index in [9.17, 15) is 8.42 Å². The molecule has 1 aromatic carbocycles. The lowest BCUT2D eigenvalue weighted by Crippen LogP contribution is -2.31. The van der Waals surface area contributed by atoms with Gasteiger partial charge in [0, 0.05) is 12.7 Å². The minimum absolute atomic E-state index is 0.183. The highest BCUT2D eigenvalue weighted by Gasteiger charge is 2.38. The average Bonchev–Trinajstić information content (AvgIpc) is 3.26. The Morgan fingerprint density at radius 3 is 2.62 bits per heavy atom. The van der Waals surface area contributed by atoms with Crippen molar-refractivity contribution in [3.8, 4) is 5.75 Å². The third-order valence-electron chi connectivity index (χ3n) is 4.92. The predicted molar refractivity (Wildman–Crippen MR) is 111 cm³/mol. The summed E-state index contributed by atoms with van der Waals surface area (Å²) in [6.45, 7) is 0.459. The second-order valence-corrected chi connectivity index (χ2v) is 8.60. The minimum Gasteiger partial charge on any atom is -0.495 e. The molecule has 1 N–H and O–H groups in total. The summed E-state index contributed by atoms with van der Waals surface area (Å²) in [5.41, 5.74) is 1.53. The molecule has 29 heavy (non-hydrogen) atoms. The van der Waals surface area contributed by atoms with Gasteiger partial charge in [0.15, 0.2) is 0 Å². The number of hydrogen-bond donors (Lipinski definition) is 1. The zero-order valence-electron chi connectivity index (χ0n) is 16.0. The van der Waals surface area contributed by atoms with Crippen molar-refractivity contribution in [2.45, 2.75) is 23.8 Å². The van der Waals surface area contributed by atoms with Crippen molar-refractivity contribution in [1.29, 1.82) is 0 Å². The fourth-order valence-corrected chi connectivity index (χ4v) is 5.37. The predicted octanol–water partition coefficient (Wildman–Crippen LogP) is 3.75. The van der Waals surface area contributed by atoms with Gasteiger partial charge in [0.05, 0.1) is 30.7 Å². The van der Waals surface area contributed by atoms with Gasteiger partial charge in [-0.1, -0.05) is 18.2 Å². The van der Waals surface area contributed by atoms with Crippen LogP contribution in [0.15, 0.2) is 71.9 Å². The molecule has 1 aliphatic rings. The Labute approximate surface area is 170 Å². The molecular formula is C21H22N4O3S. The average molecular weight is 410 g/mol. The van der Waals surface area contributed by atoms with Gasteiger partial charge in [-0.2, -0.15) is 4.31 Å². The SMILES string of the molecule is COc1ccccc1S(=O)(=O)N1CCC[C@@H]1c1ccc(Nc2ccccn2)cn1. The Bertz CT molecular complexity index is 1070. The van der Waals surface area contributed by atoms with Crippen LogP contribution in [0.5, 0.6) is 5.75 Å². The van der Waals surface area contributed by atoms with Crippen LogP contribution >= 0.6 is 0 Å². The maximum Gasteiger partial charge on any atom is 0.247 e. The summed E-state index contributed by atoms with van der Waals surface area (Å²) in [4.78, 5) is 8.94. The first kappa shape index (κ1) is 19.4. The summed E-state index contributed by atoms with van der Waals surface area (Å²) >= 11 is 0. The van der Waals surface area contributed by atoms with Gasteiger partial charge < -0.3 is 10.1 Å². The minimum atomic E-state index is -3.69. The van der Waals surface area contributed by atoms with Crippen molar-refractivity contribution in [1.82, 2.24) is 14.3 Å². The molecule has 4 rings (SSSR count). The first-order valence-corrected chi connectivity index (χ1v) is 10.8. The van der Waals surface area contributed by atoms with E-state index in [0.29, 0.717) is 12.3 Å². The van der Waals surface area contributed by atoms with Crippen LogP contribution < -0.4 is 10.1 Å². The number of nitrogens with zero attached hydrogens (tertiary/aromatic N) is 3. The standard InChI is InChI=1S/C21H22N4O3S/c1-28-19-8-2-3-9-20(19)29(26,27)25-14-6-7-18(25)17-12-11-16(15-23-17)24-21-10-4-5-13-22-21/h2-5,8-13,15,18H,6-7,14H2,1H3,(H,22,24)/t18-/m1/s1. The van der Waals surface area contributed by atoms with E-state index in [1.54, 1.807) is 36.7 Å². The number of para-hydroxylation sites is 1. The monoisotopic (exact) mass is 410 g/mol. The van der Waals surface area contributed by atoms with Gasteiger partial charge in [-0.25, -0.2) is 13.4 Å². The number of sulfonamides is 1. The summed E-state index contributed by atoms with van der Waals surface area (Å²) < 4.78 is 33.4. The van der Waals surface area contributed by atoms with Crippen LogP contribution in [0.1, 0.15) is 24.6 Å². The molecule has 0 radical (unpaired) electrons. The fraction of sp³-hybridized carbons (Fsp3) is 0.238. The molecule has 0 spiro atoms. The first-order valence-electron chi connectivity index (χ1n) is 9.38. The van der Waals surface area contributed by atoms with E-state index < -0.39 is 10.0 Å². The number of benzene rings is 1. The highest BCUT2D eigenvalue weighted by molar-refractivity contribution is 7.89. The molecule has 0 unspecified atom stereocenters. The molecule has 1 fully saturated rings. The van der Waals surface area contributed by atoms with Gasteiger partial charge in [-0.05, 0) is 49.2 Å². The van der Waals surface area contributed by atoms with Crippen LogP contribution in [0, 0.1) is 0 Å². The normalized spacial score (nSPS) is 17.2. The van der Waals surface area contributed by atoms with Crippen LogP contribution in [0.2, 0.25) is 0 Å². The smallest absolute Gasteiger partial charge is 0.247 e. The Morgan fingerprint density at radius 1 is 1.07 bits per heavy atom. The molecule has 3 heterocycles. The molecule has 1 aliphatic heterocycles. The molecule has 2 aromatic heterocycles. The Morgan fingerprint density at radius 2 is 1.90 bits per heavy atom. The number of aromatic nitrogens is 2. The zero-order chi connectivity index (χ0) is 20.3. The van der Waals surface area contributed by atoms with E-state index in [4.69, 9.17) is 4.74 Å². The summed E-state index contributed by atoms with van der Waals surface area (Å²) in [7, 11) is -2.22. The van der Waals surface area contributed by atoms with Gasteiger partial charge in [-0.3, -0.25) is 4.98 Å². The van der Waals surface area contributed by atoms with E-state index in [-0.39, 0.29) is 10.9 Å². The molecule has 0 aliphatic carbocycles. The highest BCUT2D eigenvalue weighted by atomic mass is 32.2. The summed E-state index contributed by atoms with van der Waals surface area (Å²) in [5, 5.41) is 3.18. The van der Waals surface area contributed by atoms with Crippen molar-refractivity contribution < 1.29 is 13.2 Å². The number of hydrogen-bond acceptors (Lipinski definition) is 6. The molecule has 1 atom stereocenters. The second kappa shape index (κ2) is 8.18. The number of pyridine rings is 2. The Balaban J connectivity index is 1.58. The third kappa shape index (κ3) is 3.94. The van der Waals surface area contributed by atoms with Crippen LogP contribution in [-0.4, -0.2) is 36.3 Å². The Kier molecular flexibility index (Phi) is 5.46. The summed E-state index contributed by atoms with van der Waals surface area (Å²) in [5.74, 6) is 1.07.